The Morgan fingerprint density at radius 1 is 0.696 bits per heavy atom. The zero-order chi connectivity index (χ0) is 17.0. The minimum absolute atomic E-state index is 0.0449. The standard InChI is InChI=1S/C17H20O6/c18-7-11-6-16(15(10-21)14(9-20)13(11)8-19)17(22,23)12-4-2-1-3-5-12/h1-6,18-23H,7-10H2. The predicted molar refractivity (Wildman–Crippen MR) is 81.8 cm³/mol. The average molecular weight is 320 g/mol. The summed E-state index contributed by atoms with van der Waals surface area (Å²) in [5, 5.41) is 59.3. The van der Waals surface area contributed by atoms with Crippen LogP contribution in [0.5, 0.6) is 0 Å². The Morgan fingerprint density at radius 3 is 1.74 bits per heavy atom. The van der Waals surface area contributed by atoms with Crippen LogP contribution in [0.4, 0.5) is 0 Å². The van der Waals surface area contributed by atoms with Crippen molar-refractivity contribution in [3.05, 3.63) is 69.8 Å². The zero-order valence-electron chi connectivity index (χ0n) is 12.5. The molecule has 0 aliphatic carbocycles. The first-order valence-corrected chi connectivity index (χ1v) is 7.11. The van der Waals surface area contributed by atoms with Crippen LogP contribution in [-0.4, -0.2) is 30.6 Å². The molecule has 0 spiro atoms. The van der Waals surface area contributed by atoms with Gasteiger partial charge >= 0.3 is 0 Å². The van der Waals surface area contributed by atoms with Crippen molar-refractivity contribution in [3.8, 4) is 0 Å². The molecule has 0 heterocycles. The molecule has 0 atom stereocenters. The van der Waals surface area contributed by atoms with Gasteiger partial charge in [0, 0.05) is 11.1 Å². The van der Waals surface area contributed by atoms with E-state index in [9.17, 15) is 30.6 Å². The van der Waals surface area contributed by atoms with Crippen molar-refractivity contribution >= 4 is 0 Å². The van der Waals surface area contributed by atoms with E-state index in [1.165, 1.54) is 18.2 Å². The average Bonchev–Trinajstić information content (AvgIpc) is 2.60. The summed E-state index contributed by atoms with van der Waals surface area (Å²) in [5.41, 5.74) is 0.956. The molecule has 6 heteroatoms. The molecule has 0 saturated heterocycles. The Hall–Kier alpha value is -1.80. The van der Waals surface area contributed by atoms with E-state index in [0.29, 0.717) is 0 Å². The topological polar surface area (TPSA) is 121 Å². The van der Waals surface area contributed by atoms with Crippen molar-refractivity contribution in [1.82, 2.24) is 0 Å². The molecule has 6 N–H and O–H groups in total. The number of hydrogen-bond donors (Lipinski definition) is 6. The van der Waals surface area contributed by atoms with Crippen molar-refractivity contribution < 1.29 is 30.6 Å². The molecule has 0 saturated carbocycles. The Morgan fingerprint density at radius 2 is 1.26 bits per heavy atom. The number of rotatable bonds is 6. The Labute approximate surface area is 133 Å². The second-order valence-corrected chi connectivity index (χ2v) is 5.19. The SMILES string of the molecule is OCc1cc(C(O)(O)c2ccccc2)c(CO)c(CO)c1CO. The van der Waals surface area contributed by atoms with Crippen LogP contribution in [0.3, 0.4) is 0 Å². The van der Waals surface area contributed by atoms with Crippen LogP contribution in [0.2, 0.25) is 0 Å². The Balaban J connectivity index is 2.75. The van der Waals surface area contributed by atoms with E-state index >= 15 is 0 Å². The second-order valence-electron chi connectivity index (χ2n) is 5.19. The first-order valence-electron chi connectivity index (χ1n) is 7.11. The summed E-state index contributed by atoms with van der Waals surface area (Å²) in [7, 11) is 0. The van der Waals surface area contributed by atoms with E-state index in [-0.39, 0.29) is 33.4 Å². The van der Waals surface area contributed by atoms with Gasteiger partial charge in [-0.25, -0.2) is 0 Å². The molecule has 2 aromatic carbocycles. The fourth-order valence-electron chi connectivity index (χ4n) is 2.73. The van der Waals surface area contributed by atoms with E-state index in [4.69, 9.17) is 0 Å². The van der Waals surface area contributed by atoms with Gasteiger partial charge in [0.05, 0.1) is 26.4 Å². The number of aliphatic hydroxyl groups excluding tert-OH is 4. The van der Waals surface area contributed by atoms with Gasteiger partial charge in [0.1, 0.15) is 0 Å². The van der Waals surface area contributed by atoms with E-state index in [1.54, 1.807) is 18.2 Å². The van der Waals surface area contributed by atoms with Gasteiger partial charge in [0.25, 0.3) is 0 Å². The fraction of sp³-hybridized carbons (Fsp3) is 0.294. The van der Waals surface area contributed by atoms with Gasteiger partial charge in [-0.3, -0.25) is 0 Å². The minimum atomic E-state index is -2.42. The maximum Gasteiger partial charge on any atom is 0.217 e. The minimum Gasteiger partial charge on any atom is -0.392 e. The highest BCUT2D eigenvalue weighted by Gasteiger charge is 2.33. The lowest BCUT2D eigenvalue weighted by molar-refractivity contribution is -0.133. The molecule has 0 radical (unpaired) electrons. The van der Waals surface area contributed by atoms with Crippen LogP contribution in [0.1, 0.15) is 33.4 Å². The molecule has 0 aliphatic rings. The molecule has 0 aromatic heterocycles. The molecular weight excluding hydrogens is 300 g/mol. The zero-order valence-corrected chi connectivity index (χ0v) is 12.5. The highest BCUT2D eigenvalue weighted by molar-refractivity contribution is 5.49. The van der Waals surface area contributed by atoms with Gasteiger partial charge in [-0.2, -0.15) is 0 Å². The van der Waals surface area contributed by atoms with Gasteiger partial charge < -0.3 is 30.6 Å². The third-order valence-corrected chi connectivity index (χ3v) is 3.96. The van der Waals surface area contributed by atoms with Gasteiger partial charge in [-0.05, 0) is 28.3 Å². The van der Waals surface area contributed by atoms with Gasteiger partial charge in [0.15, 0.2) is 0 Å². The van der Waals surface area contributed by atoms with E-state index in [2.05, 4.69) is 0 Å². The van der Waals surface area contributed by atoms with Crippen molar-refractivity contribution in [2.75, 3.05) is 0 Å². The molecule has 2 aromatic rings. The summed E-state index contributed by atoms with van der Waals surface area (Å²) in [5.74, 6) is -2.42. The molecule has 23 heavy (non-hydrogen) atoms. The van der Waals surface area contributed by atoms with E-state index < -0.39 is 32.2 Å². The lowest BCUT2D eigenvalue weighted by Gasteiger charge is -2.28. The molecule has 0 aliphatic heterocycles. The summed E-state index contributed by atoms with van der Waals surface area (Å²) < 4.78 is 0. The molecule has 124 valence electrons. The summed E-state index contributed by atoms with van der Waals surface area (Å²) in [6.45, 7) is -1.97. The highest BCUT2D eigenvalue weighted by Crippen LogP contribution is 2.34. The first-order chi connectivity index (χ1) is 11.0. The summed E-state index contributed by atoms with van der Waals surface area (Å²) >= 11 is 0. The quantitative estimate of drug-likeness (QED) is 0.411. The van der Waals surface area contributed by atoms with Crippen molar-refractivity contribution in [1.29, 1.82) is 0 Å². The van der Waals surface area contributed by atoms with Crippen LogP contribution < -0.4 is 0 Å². The number of hydrogen-bond acceptors (Lipinski definition) is 6. The third kappa shape index (κ3) is 3.13. The van der Waals surface area contributed by atoms with Crippen LogP contribution in [0, 0.1) is 0 Å². The Bertz CT molecular complexity index is 667. The molecule has 6 nitrogen and oxygen atoms in total. The second kappa shape index (κ2) is 7.18. The lowest BCUT2D eigenvalue weighted by atomic mass is 9.86. The monoisotopic (exact) mass is 320 g/mol. The van der Waals surface area contributed by atoms with Crippen molar-refractivity contribution in [3.63, 3.8) is 0 Å². The van der Waals surface area contributed by atoms with Gasteiger partial charge in [-0.15, -0.1) is 0 Å². The summed E-state index contributed by atoms with van der Waals surface area (Å²) in [4.78, 5) is 0. The molecule has 2 rings (SSSR count). The van der Waals surface area contributed by atoms with E-state index in [0.717, 1.165) is 0 Å². The first kappa shape index (κ1) is 17.6. The van der Waals surface area contributed by atoms with Gasteiger partial charge in [-0.1, -0.05) is 30.3 Å². The number of aliphatic hydroxyl groups is 6. The lowest BCUT2D eigenvalue weighted by Crippen LogP contribution is -2.29. The maximum atomic E-state index is 10.6. The normalized spacial score (nSPS) is 11.7. The fourth-order valence-corrected chi connectivity index (χ4v) is 2.73. The van der Waals surface area contributed by atoms with Crippen LogP contribution >= 0.6 is 0 Å². The Kier molecular flexibility index (Phi) is 5.48. The highest BCUT2D eigenvalue weighted by atomic mass is 16.5. The molecule has 0 unspecified atom stereocenters. The summed E-state index contributed by atoms with van der Waals surface area (Å²) in [6, 6.07) is 9.34. The molecule has 0 bridgehead atoms. The molecular formula is C17H20O6. The van der Waals surface area contributed by atoms with Crippen molar-refractivity contribution in [2.24, 2.45) is 0 Å². The van der Waals surface area contributed by atoms with Crippen molar-refractivity contribution in [2.45, 2.75) is 32.2 Å². The van der Waals surface area contributed by atoms with Crippen LogP contribution in [0.15, 0.2) is 36.4 Å². The maximum absolute atomic E-state index is 10.6. The smallest absolute Gasteiger partial charge is 0.217 e. The predicted octanol–water partition coefficient (Wildman–Crippen LogP) is -0.158. The van der Waals surface area contributed by atoms with Gasteiger partial charge in [0.2, 0.25) is 5.79 Å². The van der Waals surface area contributed by atoms with E-state index in [1.807, 2.05) is 0 Å². The molecule has 0 fully saturated rings. The largest absolute Gasteiger partial charge is 0.392 e. The van der Waals surface area contributed by atoms with Crippen LogP contribution in [-0.2, 0) is 32.2 Å². The molecule has 0 amide bonds. The number of benzene rings is 2. The van der Waals surface area contributed by atoms with Crippen LogP contribution in [0.25, 0.3) is 0 Å². The third-order valence-electron chi connectivity index (χ3n) is 3.96. The summed E-state index contributed by atoms with van der Waals surface area (Å²) in [6.07, 6.45) is 0.